The molecule has 0 radical (unpaired) electrons. The highest BCUT2D eigenvalue weighted by Crippen LogP contribution is 2.23. The first-order chi connectivity index (χ1) is 12.7. The molecule has 1 fully saturated rings. The summed E-state index contributed by atoms with van der Waals surface area (Å²) >= 11 is 1.41. The summed E-state index contributed by atoms with van der Waals surface area (Å²) in [6.45, 7) is 7.97. The van der Waals surface area contributed by atoms with E-state index in [1.54, 1.807) is 0 Å². The molecule has 7 nitrogen and oxygen atoms in total. The molecule has 140 valence electrons. The van der Waals surface area contributed by atoms with Crippen molar-refractivity contribution in [2.24, 2.45) is 0 Å². The average molecular weight is 375 g/mol. The minimum absolute atomic E-state index is 0.0400. The van der Waals surface area contributed by atoms with E-state index in [0.717, 1.165) is 42.8 Å². The van der Waals surface area contributed by atoms with Crippen LogP contribution in [0.1, 0.15) is 19.4 Å². The van der Waals surface area contributed by atoms with Gasteiger partial charge in [-0.15, -0.1) is 10.2 Å². The molecule has 1 aromatic carbocycles. The molecule has 1 N–H and O–H groups in total. The molecule has 1 saturated heterocycles. The van der Waals surface area contributed by atoms with Gasteiger partial charge in [0.15, 0.2) is 5.16 Å². The zero-order chi connectivity index (χ0) is 18.4. The van der Waals surface area contributed by atoms with Crippen molar-refractivity contribution in [2.75, 3.05) is 42.3 Å². The number of benzene rings is 1. The predicted molar refractivity (Wildman–Crippen MR) is 104 cm³/mol. The fourth-order valence-corrected chi connectivity index (χ4v) is 3.66. The number of nitrogens with one attached hydrogen (secondary N) is 1. The Morgan fingerprint density at radius 2 is 2.08 bits per heavy atom. The van der Waals surface area contributed by atoms with Gasteiger partial charge in [-0.05, 0) is 31.0 Å². The second-order valence-corrected chi connectivity index (χ2v) is 6.96. The maximum Gasteiger partial charge on any atom is 0.234 e. The average Bonchev–Trinajstić information content (AvgIpc) is 3.10. The van der Waals surface area contributed by atoms with Crippen LogP contribution in [0.3, 0.4) is 0 Å². The number of thioether (sulfide) groups is 1. The Balaban J connectivity index is 1.60. The maximum atomic E-state index is 12.3. The number of hydrogen-bond donors (Lipinski definition) is 1. The number of carbonyl (C=O) groups is 1. The third-order valence-electron chi connectivity index (χ3n) is 4.26. The Morgan fingerprint density at radius 3 is 2.81 bits per heavy atom. The van der Waals surface area contributed by atoms with Crippen molar-refractivity contribution in [1.82, 2.24) is 14.8 Å². The van der Waals surface area contributed by atoms with Crippen LogP contribution in [0.5, 0.6) is 0 Å². The SMILES string of the molecule is CCc1cccc(NC(=O)CSc2nnc(N3CCOCC3)n2CC)c1. The molecule has 1 aliphatic rings. The summed E-state index contributed by atoms with van der Waals surface area (Å²) in [4.78, 5) is 14.5. The third-order valence-corrected chi connectivity index (χ3v) is 5.23. The lowest BCUT2D eigenvalue weighted by Crippen LogP contribution is -2.38. The number of carbonyl (C=O) groups excluding carboxylic acids is 1. The van der Waals surface area contributed by atoms with Crippen LogP contribution in [0.4, 0.5) is 11.6 Å². The lowest BCUT2D eigenvalue weighted by molar-refractivity contribution is -0.113. The van der Waals surface area contributed by atoms with Crippen molar-refractivity contribution in [2.45, 2.75) is 32.0 Å². The molecular weight excluding hydrogens is 350 g/mol. The summed E-state index contributed by atoms with van der Waals surface area (Å²) in [5.41, 5.74) is 2.04. The second kappa shape index (κ2) is 9.05. The molecule has 0 bridgehead atoms. The van der Waals surface area contributed by atoms with Crippen LogP contribution in [0.15, 0.2) is 29.4 Å². The first kappa shape index (κ1) is 18.7. The van der Waals surface area contributed by atoms with Crippen molar-refractivity contribution < 1.29 is 9.53 Å². The summed E-state index contributed by atoms with van der Waals surface area (Å²) < 4.78 is 7.45. The molecule has 0 aliphatic carbocycles. The van der Waals surface area contributed by atoms with Crippen LogP contribution in [-0.4, -0.2) is 52.7 Å². The van der Waals surface area contributed by atoms with E-state index in [4.69, 9.17) is 4.74 Å². The standard InChI is InChI=1S/C18H25N5O2S/c1-3-14-6-5-7-15(12-14)19-16(24)13-26-18-21-20-17(23(18)4-2)22-8-10-25-11-9-22/h5-7,12H,3-4,8-11,13H2,1-2H3,(H,19,24). The van der Waals surface area contributed by atoms with Gasteiger partial charge in [-0.25, -0.2) is 0 Å². The number of morpholine rings is 1. The Hall–Kier alpha value is -2.06. The Bertz CT molecular complexity index is 743. The minimum Gasteiger partial charge on any atom is -0.378 e. The molecule has 2 aromatic rings. The minimum atomic E-state index is -0.0400. The topological polar surface area (TPSA) is 72.3 Å². The molecule has 8 heteroatoms. The summed E-state index contributed by atoms with van der Waals surface area (Å²) in [7, 11) is 0. The van der Waals surface area contributed by atoms with E-state index in [2.05, 4.69) is 44.9 Å². The third kappa shape index (κ3) is 4.56. The van der Waals surface area contributed by atoms with E-state index in [9.17, 15) is 4.79 Å². The quantitative estimate of drug-likeness (QED) is 0.750. The molecule has 0 atom stereocenters. The van der Waals surface area contributed by atoms with Crippen molar-refractivity contribution in [1.29, 1.82) is 0 Å². The van der Waals surface area contributed by atoms with E-state index >= 15 is 0 Å². The van der Waals surface area contributed by atoms with Crippen LogP contribution in [0.25, 0.3) is 0 Å². The first-order valence-electron chi connectivity index (χ1n) is 8.98. The maximum absolute atomic E-state index is 12.3. The molecule has 3 rings (SSSR count). The summed E-state index contributed by atoms with van der Waals surface area (Å²) in [5.74, 6) is 1.12. The Kier molecular flexibility index (Phi) is 6.51. The van der Waals surface area contributed by atoms with Crippen LogP contribution in [-0.2, 0) is 22.5 Å². The van der Waals surface area contributed by atoms with Gasteiger partial charge in [0.2, 0.25) is 11.9 Å². The molecule has 1 aliphatic heterocycles. The zero-order valence-corrected chi connectivity index (χ0v) is 16.1. The van der Waals surface area contributed by atoms with E-state index in [-0.39, 0.29) is 5.91 Å². The number of aromatic nitrogens is 3. The van der Waals surface area contributed by atoms with Gasteiger partial charge in [0.25, 0.3) is 0 Å². The smallest absolute Gasteiger partial charge is 0.234 e. The Labute approximate surface area is 158 Å². The van der Waals surface area contributed by atoms with Gasteiger partial charge in [0, 0.05) is 25.3 Å². The van der Waals surface area contributed by atoms with Crippen LogP contribution in [0, 0.1) is 0 Å². The number of rotatable bonds is 7. The van der Waals surface area contributed by atoms with E-state index < -0.39 is 0 Å². The van der Waals surface area contributed by atoms with E-state index in [1.165, 1.54) is 17.3 Å². The molecule has 2 heterocycles. The Morgan fingerprint density at radius 1 is 1.27 bits per heavy atom. The second-order valence-electron chi connectivity index (χ2n) is 6.02. The normalized spacial score (nSPS) is 14.5. The van der Waals surface area contributed by atoms with Crippen molar-refractivity contribution in [3.63, 3.8) is 0 Å². The van der Waals surface area contributed by atoms with E-state index in [1.807, 2.05) is 18.2 Å². The lowest BCUT2D eigenvalue weighted by Gasteiger charge is -2.27. The number of amides is 1. The van der Waals surface area contributed by atoms with Crippen LogP contribution < -0.4 is 10.2 Å². The first-order valence-corrected chi connectivity index (χ1v) is 9.97. The van der Waals surface area contributed by atoms with Gasteiger partial charge in [0.1, 0.15) is 0 Å². The number of anilines is 2. The fourth-order valence-electron chi connectivity index (χ4n) is 2.86. The summed E-state index contributed by atoms with van der Waals surface area (Å²) in [6, 6.07) is 7.94. The van der Waals surface area contributed by atoms with Crippen molar-refractivity contribution in [3.05, 3.63) is 29.8 Å². The molecule has 1 amide bonds. The van der Waals surface area contributed by atoms with Crippen molar-refractivity contribution >= 4 is 29.3 Å². The van der Waals surface area contributed by atoms with Gasteiger partial charge in [0.05, 0.1) is 19.0 Å². The largest absolute Gasteiger partial charge is 0.378 e. The van der Waals surface area contributed by atoms with Crippen molar-refractivity contribution in [3.8, 4) is 0 Å². The molecular formula is C18H25N5O2S. The lowest BCUT2D eigenvalue weighted by atomic mass is 10.1. The van der Waals surface area contributed by atoms with Gasteiger partial charge in [-0.1, -0.05) is 30.8 Å². The highest BCUT2D eigenvalue weighted by molar-refractivity contribution is 7.99. The molecule has 0 saturated carbocycles. The van der Waals surface area contributed by atoms with Gasteiger partial charge < -0.3 is 15.0 Å². The molecule has 0 unspecified atom stereocenters. The van der Waals surface area contributed by atoms with Gasteiger partial charge >= 0.3 is 0 Å². The van der Waals surface area contributed by atoms with Gasteiger partial charge in [-0.3, -0.25) is 9.36 Å². The molecule has 26 heavy (non-hydrogen) atoms. The van der Waals surface area contributed by atoms with Crippen LogP contribution in [0.2, 0.25) is 0 Å². The number of aryl methyl sites for hydroxylation is 1. The fraction of sp³-hybridized carbons (Fsp3) is 0.500. The zero-order valence-electron chi connectivity index (χ0n) is 15.3. The highest BCUT2D eigenvalue weighted by Gasteiger charge is 2.20. The van der Waals surface area contributed by atoms with E-state index in [0.29, 0.717) is 19.0 Å². The number of hydrogen-bond acceptors (Lipinski definition) is 6. The molecule has 1 aromatic heterocycles. The van der Waals surface area contributed by atoms with Crippen LogP contribution >= 0.6 is 11.8 Å². The number of nitrogens with zero attached hydrogens (tertiary/aromatic N) is 4. The summed E-state index contributed by atoms with van der Waals surface area (Å²) in [5, 5.41) is 12.3. The summed E-state index contributed by atoms with van der Waals surface area (Å²) in [6.07, 6.45) is 0.947. The highest BCUT2D eigenvalue weighted by atomic mass is 32.2. The number of ether oxygens (including phenoxy) is 1. The monoisotopic (exact) mass is 375 g/mol. The predicted octanol–water partition coefficient (Wildman–Crippen LogP) is 2.43. The molecule has 0 spiro atoms. The van der Waals surface area contributed by atoms with Gasteiger partial charge in [-0.2, -0.15) is 0 Å².